The van der Waals surface area contributed by atoms with Crippen LogP contribution in [0.1, 0.15) is 46.5 Å². The van der Waals surface area contributed by atoms with Crippen LogP contribution in [0.5, 0.6) is 0 Å². The van der Waals surface area contributed by atoms with Gasteiger partial charge in [-0.15, -0.1) is 0 Å². The van der Waals surface area contributed by atoms with Crippen molar-refractivity contribution in [2.75, 3.05) is 18.8 Å². The van der Waals surface area contributed by atoms with E-state index in [0.29, 0.717) is 25.8 Å². The quantitative estimate of drug-likeness (QED) is 0.0776. The van der Waals surface area contributed by atoms with E-state index < -0.39 is 90.1 Å². The molecule has 0 radical (unpaired) electrons. The number of hydrogen-bond donors (Lipinski definition) is 9. The van der Waals surface area contributed by atoms with E-state index in [4.69, 9.17) is 11.5 Å². The lowest BCUT2D eigenvalue weighted by atomic mass is 9.97. The average Bonchev–Trinajstić information content (AvgIpc) is 3.41. The van der Waals surface area contributed by atoms with Gasteiger partial charge < -0.3 is 47.8 Å². The van der Waals surface area contributed by atoms with Gasteiger partial charge >= 0.3 is 5.97 Å². The first-order valence-electron chi connectivity index (χ1n) is 13.2. The van der Waals surface area contributed by atoms with E-state index in [9.17, 15) is 43.8 Å². The lowest BCUT2D eigenvalue weighted by Crippen LogP contribution is -2.61. The van der Waals surface area contributed by atoms with Gasteiger partial charge in [0.05, 0.1) is 19.1 Å². The van der Waals surface area contributed by atoms with Crippen LogP contribution < -0.4 is 32.7 Å². The molecule has 0 aromatic carbocycles. The van der Waals surface area contributed by atoms with Crippen molar-refractivity contribution < 1.29 is 43.8 Å². The molecule has 0 saturated carbocycles. The van der Waals surface area contributed by atoms with Gasteiger partial charge in [0, 0.05) is 12.3 Å². The molecule has 1 aliphatic heterocycles. The number of likely N-dealkylation sites (tertiary alicyclic amines) is 1. The molecule has 6 amide bonds. The molecule has 232 valence electrons. The van der Waals surface area contributed by atoms with Crippen LogP contribution in [0.4, 0.5) is 0 Å². The number of hydrogen-bond acceptors (Lipinski definition) is 10. The molecule has 0 aromatic heterocycles. The summed E-state index contributed by atoms with van der Waals surface area (Å²) in [6.07, 6.45) is -0.768. The molecule has 16 nitrogen and oxygen atoms in total. The summed E-state index contributed by atoms with van der Waals surface area (Å²) in [4.78, 5) is 88.4. The van der Waals surface area contributed by atoms with Crippen LogP contribution in [-0.2, 0) is 33.6 Å². The van der Waals surface area contributed by atoms with Crippen LogP contribution >= 0.6 is 12.6 Å². The molecule has 0 spiro atoms. The van der Waals surface area contributed by atoms with Crippen molar-refractivity contribution in [3.63, 3.8) is 0 Å². The summed E-state index contributed by atoms with van der Waals surface area (Å²) in [5.41, 5.74) is 10.7. The molecule has 10 N–H and O–H groups in total. The van der Waals surface area contributed by atoms with E-state index in [2.05, 4.69) is 33.9 Å². The van der Waals surface area contributed by atoms with Gasteiger partial charge in [-0.3, -0.25) is 28.8 Å². The molecule has 17 heteroatoms. The predicted octanol–water partition coefficient (Wildman–Crippen LogP) is -3.81. The first-order chi connectivity index (χ1) is 19.2. The molecule has 1 rings (SSSR count). The van der Waals surface area contributed by atoms with Crippen molar-refractivity contribution in [2.45, 2.75) is 82.8 Å². The summed E-state index contributed by atoms with van der Waals surface area (Å²) < 4.78 is 0. The fourth-order valence-corrected chi connectivity index (χ4v) is 4.44. The number of carbonyl (C=O) groups excluding carboxylic acids is 6. The number of amides is 6. The number of primary amides is 1. The fourth-order valence-electron chi connectivity index (χ4n) is 4.19. The molecular weight excluding hydrogens is 562 g/mol. The van der Waals surface area contributed by atoms with Gasteiger partial charge in [0.25, 0.3) is 0 Å². The number of carbonyl (C=O) groups is 7. The smallest absolute Gasteiger partial charge is 0.328 e. The van der Waals surface area contributed by atoms with Crippen LogP contribution in [0.25, 0.3) is 0 Å². The second kappa shape index (κ2) is 16.7. The van der Waals surface area contributed by atoms with Gasteiger partial charge in [0.1, 0.15) is 24.2 Å². The van der Waals surface area contributed by atoms with Gasteiger partial charge in [-0.1, -0.05) is 20.3 Å². The van der Waals surface area contributed by atoms with Crippen molar-refractivity contribution >= 4 is 54.0 Å². The standard InChI is InChI=1S/C24H41N7O9S/c1-4-11(2)18(23(38)28-14(10-41)21(36)30-19(12(3)32)24(39)40)29-20(35)13(8-16(26)33)27-22(37)15-6-5-7-31(15)17(34)9-25/h11-15,18-19,32,41H,4-10,25H2,1-3H3,(H2,26,33)(H,27,37)(H,28,38)(H,29,35)(H,30,36)(H,39,40)/t11-,12+,13-,14-,15-,18-,19-/m0/s1. The van der Waals surface area contributed by atoms with E-state index in [1.165, 1.54) is 11.8 Å². The largest absolute Gasteiger partial charge is 0.480 e. The van der Waals surface area contributed by atoms with Gasteiger partial charge in [0.15, 0.2) is 6.04 Å². The number of nitrogens with zero attached hydrogens (tertiary/aromatic N) is 1. The third-order valence-electron chi connectivity index (χ3n) is 6.74. The number of nitrogens with one attached hydrogen (secondary N) is 4. The highest BCUT2D eigenvalue weighted by Crippen LogP contribution is 2.18. The molecule has 1 saturated heterocycles. The molecular formula is C24H41N7O9S. The Morgan fingerprint density at radius 3 is 2.02 bits per heavy atom. The molecule has 1 heterocycles. The van der Waals surface area contributed by atoms with Crippen molar-refractivity contribution in [1.82, 2.24) is 26.2 Å². The van der Waals surface area contributed by atoms with Crippen molar-refractivity contribution in [2.24, 2.45) is 17.4 Å². The van der Waals surface area contributed by atoms with E-state index >= 15 is 0 Å². The van der Waals surface area contributed by atoms with Gasteiger partial charge in [-0.2, -0.15) is 12.6 Å². The monoisotopic (exact) mass is 603 g/mol. The van der Waals surface area contributed by atoms with Crippen molar-refractivity contribution in [1.29, 1.82) is 0 Å². The molecule has 0 bridgehead atoms. The number of aliphatic hydroxyl groups excluding tert-OH is 1. The highest BCUT2D eigenvalue weighted by molar-refractivity contribution is 7.80. The Hall–Kier alpha value is -3.44. The summed E-state index contributed by atoms with van der Waals surface area (Å²) in [6.45, 7) is 4.56. The Balaban J connectivity index is 3.08. The lowest BCUT2D eigenvalue weighted by Gasteiger charge is -2.29. The van der Waals surface area contributed by atoms with Crippen LogP contribution in [0, 0.1) is 5.92 Å². The minimum Gasteiger partial charge on any atom is -0.480 e. The molecule has 41 heavy (non-hydrogen) atoms. The molecule has 0 aliphatic carbocycles. The summed E-state index contributed by atoms with van der Waals surface area (Å²) in [7, 11) is 0. The van der Waals surface area contributed by atoms with E-state index in [0.717, 1.165) is 0 Å². The van der Waals surface area contributed by atoms with Crippen molar-refractivity contribution in [3.8, 4) is 0 Å². The number of aliphatic carboxylic acids is 1. The molecule has 7 atom stereocenters. The van der Waals surface area contributed by atoms with Crippen LogP contribution in [-0.4, -0.2) is 112 Å². The summed E-state index contributed by atoms with van der Waals surface area (Å²) >= 11 is 4.04. The fraction of sp³-hybridized carbons (Fsp3) is 0.708. The highest BCUT2D eigenvalue weighted by atomic mass is 32.1. The zero-order valence-electron chi connectivity index (χ0n) is 23.3. The minimum absolute atomic E-state index is 0.245. The molecule has 0 aromatic rings. The number of carboxylic acid groups (broad SMARTS) is 1. The van der Waals surface area contributed by atoms with Gasteiger partial charge in [-0.05, 0) is 25.7 Å². The third kappa shape index (κ3) is 10.5. The second-order valence-corrected chi connectivity index (χ2v) is 10.2. The topological polar surface area (TPSA) is 263 Å². The molecule has 1 fully saturated rings. The van der Waals surface area contributed by atoms with Crippen LogP contribution in [0.2, 0.25) is 0 Å². The molecule has 1 aliphatic rings. The van der Waals surface area contributed by atoms with Gasteiger partial charge in [0.2, 0.25) is 35.4 Å². The Morgan fingerprint density at radius 1 is 0.951 bits per heavy atom. The van der Waals surface area contributed by atoms with E-state index in [1.54, 1.807) is 13.8 Å². The number of thiol groups is 1. The lowest BCUT2D eigenvalue weighted by molar-refractivity contribution is -0.145. The maximum Gasteiger partial charge on any atom is 0.328 e. The van der Waals surface area contributed by atoms with Crippen LogP contribution in [0.3, 0.4) is 0 Å². The summed E-state index contributed by atoms with van der Waals surface area (Å²) in [5, 5.41) is 28.3. The Labute approximate surface area is 243 Å². The maximum atomic E-state index is 13.2. The number of rotatable bonds is 16. The normalized spacial score (nSPS) is 19.1. The number of carboxylic acids is 1. The maximum absolute atomic E-state index is 13.2. The second-order valence-electron chi connectivity index (χ2n) is 9.86. The average molecular weight is 604 g/mol. The first-order valence-corrected chi connectivity index (χ1v) is 13.8. The predicted molar refractivity (Wildman–Crippen MR) is 148 cm³/mol. The number of aliphatic hydroxyl groups is 1. The third-order valence-corrected chi connectivity index (χ3v) is 7.11. The van der Waals surface area contributed by atoms with Gasteiger partial charge in [-0.25, -0.2) is 4.79 Å². The Morgan fingerprint density at radius 2 is 1.54 bits per heavy atom. The SMILES string of the molecule is CC[C@H](C)[C@H](NC(=O)[C@H](CC(N)=O)NC(=O)[C@@H]1CCCN1C(=O)CN)C(=O)N[C@@H](CS)C(=O)N[C@H](C(=O)O)[C@@H](C)O. The first kappa shape index (κ1) is 35.6. The number of nitrogens with two attached hydrogens (primary N) is 2. The molecule has 0 unspecified atom stereocenters. The van der Waals surface area contributed by atoms with E-state index in [1.807, 2.05) is 0 Å². The highest BCUT2D eigenvalue weighted by Gasteiger charge is 2.37. The van der Waals surface area contributed by atoms with Crippen LogP contribution in [0.15, 0.2) is 0 Å². The zero-order chi connectivity index (χ0) is 31.4. The Bertz CT molecular complexity index is 997. The zero-order valence-corrected chi connectivity index (χ0v) is 24.2. The van der Waals surface area contributed by atoms with Crippen molar-refractivity contribution in [3.05, 3.63) is 0 Å². The summed E-state index contributed by atoms with van der Waals surface area (Å²) in [5.74, 6) is -6.92. The summed E-state index contributed by atoms with van der Waals surface area (Å²) in [6, 6.07) is -6.58. The van der Waals surface area contributed by atoms with E-state index in [-0.39, 0.29) is 12.3 Å². The Kier molecular flexibility index (Phi) is 14.5. The minimum atomic E-state index is -1.64.